The van der Waals surface area contributed by atoms with Gasteiger partial charge in [0, 0.05) is 5.71 Å². The molecule has 0 bridgehead atoms. The van der Waals surface area contributed by atoms with Crippen LogP contribution < -0.4 is 4.74 Å². The zero-order chi connectivity index (χ0) is 12.0. The second kappa shape index (κ2) is 6.11. The van der Waals surface area contributed by atoms with Crippen molar-refractivity contribution in [3.8, 4) is 5.75 Å². The Balaban J connectivity index is 3.06. The van der Waals surface area contributed by atoms with Crippen molar-refractivity contribution in [1.29, 1.82) is 0 Å². The molecule has 1 rings (SSSR count). The molecule has 0 saturated carbocycles. The van der Waals surface area contributed by atoms with Crippen LogP contribution in [0.4, 0.5) is 5.69 Å². The molecule has 0 unspecified atom stereocenters. The third-order valence-electron chi connectivity index (χ3n) is 2.46. The van der Waals surface area contributed by atoms with Crippen molar-refractivity contribution in [3.05, 3.63) is 36.4 Å². The topological polar surface area (TPSA) is 21.6 Å². The van der Waals surface area contributed by atoms with Crippen LogP contribution in [0, 0.1) is 0 Å². The van der Waals surface area contributed by atoms with E-state index in [2.05, 4.69) is 24.6 Å². The number of ether oxygens (including phenoxy) is 1. The number of hydrogen-bond donors (Lipinski definition) is 0. The Kier molecular flexibility index (Phi) is 4.77. The van der Waals surface area contributed by atoms with Crippen LogP contribution in [0.25, 0.3) is 0 Å². The molecule has 0 radical (unpaired) electrons. The first-order valence-electron chi connectivity index (χ1n) is 5.53. The summed E-state index contributed by atoms with van der Waals surface area (Å²) >= 11 is 0. The van der Waals surface area contributed by atoms with Gasteiger partial charge in [-0.2, -0.15) is 0 Å². The lowest BCUT2D eigenvalue weighted by molar-refractivity contribution is 0.411. The number of methoxy groups -OCH3 is 1. The van der Waals surface area contributed by atoms with Gasteiger partial charge in [-0.05, 0) is 43.5 Å². The van der Waals surface area contributed by atoms with E-state index < -0.39 is 0 Å². The van der Waals surface area contributed by atoms with Crippen LogP contribution in [0.2, 0.25) is 0 Å². The van der Waals surface area contributed by atoms with Gasteiger partial charge in [0.25, 0.3) is 0 Å². The van der Waals surface area contributed by atoms with Crippen LogP contribution in [0.15, 0.2) is 35.8 Å². The third kappa shape index (κ3) is 3.23. The van der Waals surface area contributed by atoms with Gasteiger partial charge in [0.1, 0.15) is 5.75 Å². The van der Waals surface area contributed by atoms with Crippen molar-refractivity contribution >= 4 is 11.4 Å². The molecule has 86 valence electrons. The number of aliphatic imine (C=N–C) groups is 1. The predicted octanol–water partition coefficient (Wildman–Crippen LogP) is 3.93. The van der Waals surface area contributed by atoms with E-state index in [-0.39, 0.29) is 0 Å². The largest absolute Gasteiger partial charge is 0.496 e. The van der Waals surface area contributed by atoms with Crippen LogP contribution in [-0.4, -0.2) is 12.8 Å². The normalized spacial score (nSPS) is 11.3. The minimum absolute atomic E-state index is 0.803. The fourth-order valence-corrected chi connectivity index (χ4v) is 1.45. The summed E-state index contributed by atoms with van der Waals surface area (Å²) < 4.78 is 5.29. The van der Waals surface area contributed by atoms with E-state index in [1.807, 2.05) is 25.1 Å². The lowest BCUT2D eigenvalue weighted by Gasteiger charge is -2.07. The minimum atomic E-state index is 0.803. The summed E-state index contributed by atoms with van der Waals surface area (Å²) in [4.78, 5) is 4.52. The van der Waals surface area contributed by atoms with Crippen molar-refractivity contribution in [1.82, 2.24) is 0 Å². The maximum atomic E-state index is 5.29. The molecule has 0 heterocycles. The number of rotatable bonds is 5. The fourth-order valence-electron chi connectivity index (χ4n) is 1.45. The number of benzene rings is 1. The summed E-state index contributed by atoms with van der Waals surface area (Å²) in [5.41, 5.74) is 3.24. The van der Waals surface area contributed by atoms with E-state index in [1.54, 1.807) is 7.11 Å². The fraction of sp³-hybridized carbons (Fsp3) is 0.357. The Labute approximate surface area is 97.7 Å². The summed E-state index contributed by atoms with van der Waals surface area (Å²) in [5.74, 6) is 0.896. The molecule has 0 aliphatic carbocycles. The summed E-state index contributed by atoms with van der Waals surface area (Å²) in [6.07, 6.45) is 3.65. The van der Waals surface area contributed by atoms with Crippen LogP contribution in [0.1, 0.15) is 25.8 Å². The number of allylic oxidation sites excluding steroid dienone is 1. The van der Waals surface area contributed by atoms with E-state index in [1.165, 1.54) is 0 Å². The Bertz CT molecular complexity index is 394. The second-order valence-electron chi connectivity index (χ2n) is 3.69. The zero-order valence-corrected chi connectivity index (χ0v) is 10.3. The average molecular weight is 217 g/mol. The third-order valence-corrected chi connectivity index (χ3v) is 2.46. The van der Waals surface area contributed by atoms with Gasteiger partial charge in [-0.25, -0.2) is 0 Å². The Morgan fingerprint density at radius 1 is 1.50 bits per heavy atom. The molecule has 16 heavy (non-hydrogen) atoms. The van der Waals surface area contributed by atoms with Gasteiger partial charge < -0.3 is 4.74 Å². The lowest BCUT2D eigenvalue weighted by Crippen LogP contribution is -1.91. The molecule has 0 aromatic heterocycles. The van der Waals surface area contributed by atoms with Gasteiger partial charge in [-0.1, -0.05) is 13.0 Å². The van der Waals surface area contributed by atoms with E-state index in [4.69, 9.17) is 4.74 Å². The van der Waals surface area contributed by atoms with Crippen molar-refractivity contribution in [3.63, 3.8) is 0 Å². The molecule has 2 nitrogen and oxygen atoms in total. The van der Waals surface area contributed by atoms with Crippen molar-refractivity contribution in [2.45, 2.75) is 26.7 Å². The highest BCUT2D eigenvalue weighted by Gasteiger charge is 2.02. The van der Waals surface area contributed by atoms with Crippen molar-refractivity contribution in [2.75, 3.05) is 7.11 Å². The summed E-state index contributed by atoms with van der Waals surface area (Å²) in [5, 5.41) is 0. The Morgan fingerprint density at radius 3 is 2.81 bits per heavy atom. The van der Waals surface area contributed by atoms with Gasteiger partial charge >= 0.3 is 0 Å². The molecule has 0 N–H and O–H groups in total. The quantitative estimate of drug-likeness (QED) is 0.541. The molecule has 0 saturated heterocycles. The molecule has 0 fully saturated rings. The standard InChI is InChI=1S/C14H19NO/c1-5-7-12-10-13(15-11(3)6-2)8-9-14(12)16-4/h5,8-10H,1,6-7H2,2-4H3. The molecule has 0 atom stereocenters. The van der Waals surface area contributed by atoms with Crippen LogP contribution in [-0.2, 0) is 6.42 Å². The molecule has 0 aliphatic rings. The number of hydrogen-bond acceptors (Lipinski definition) is 2. The molecule has 1 aromatic rings. The monoisotopic (exact) mass is 217 g/mol. The molecule has 1 aromatic carbocycles. The highest BCUT2D eigenvalue weighted by Crippen LogP contribution is 2.25. The van der Waals surface area contributed by atoms with Gasteiger partial charge in [0.2, 0.25) is 0 Å². The van der Waals surface area contributed by atoms with Gasteiger partial charge in [0.15, 0.2) is 0 Å². The van der Waals surface area contributed by atoms with Crippen molar-refractivity contribution < 1.29 is 4.74 Å². The summed E-state index contributed by atoms with van der Waals surface area (Å²) in [7, 11) is 1.68. The van der Waals surface area contributed by atoms with Gasteiger partial charge in [-0.3, -0.25) is 4.99 Å². The average Bonchev–Trinajstić information content (AvgIpc) is 2.30. The van der Waals surface area contributed by atoms with E-state index >= 15 is 0 Å². The maximum absolute atomic E-state index is 5.29. The van der Waals surface area contributed by atoms with Gasteiger partial charge in [0.05, 0.1) is 12.8 Å². The first-order chi connectivity index (χ1) is 7.71. The Morgan fingerprint density at radius 2 is 2.25 bits per heavy atom. The first-order valence-corrected chi connectivity index (χ1v) is 5.53. The van der Waals surface area contributed by atoms with Crippen LogP contribution >= 0.6 is 0 Å². The second-order valence-corrected chi connectivity index (χ2v) is 3.69. The molecular formula is C14H19NO. The molecule has 0 amide bonds. The van der Waals surface area contributed by atoms with Crippen molar-refractivity contribution in [2.24, 2.45) is 4.99 Å². The van der Waals surface area contributed by atoms with Crippen LogP contribution in [0.5, 0.6) is 5.75 Å². The first kappa shape index (κ1) is 12.5. The molecule has 0 aliphatic heterocycles. The SMILES string of the molecule is C=CCc1cc(N=C(C)CC)ccc1OC. The van der Waals surface area contributed by atoms with E-state index in [9.17, 15) is 0 Å². The van der Waals surface area contributed by atoms with E-state index in [0.717, 1.165) is 35.6 Å². The lowest BCUT2D eigenvalue weighted by atomic mass is 10.1. The summed E-state index contributed by atoms with van der Waals surface area (Å²) in [6, 6.07) is 5.99. The zero-order valence-electron chi connectivity index (χ0n) is 10.3. The molecule has 0 spiro atoms. The molecule has 2 heteroatoms. The summed E-state index contributed by atoms with van der Waals surface area (Å²) in [6.45, 7) is 7.89. The van der Waals surface area contributed by atoms with E-state index in [0.29, 0.717) is 0 Å². The Hall–Kier alpha value is -1.57. The number of nitrogens with zero attached hydrogens (tertiary/aromatic N) is 1. The minimum Gasteiger partial charge on any atom is -0.496 e. The van der Waals surface area contributed by atoms with Crippen LogP contribution in [0.3, 0.4) is 0 Å². The highest BCUT2D eigenvalue weighted by atomic mass is 16.5. The molecular weight excluding hydrogens is 198 g/mol. The smallest absolute Gasteiger partial charge is 0.122 e. The maximum Gasteiger partial charge on any atom is 0.122 e. The predicted molar refractivity (Wildman–Crippen MR) is 70.0 cm³/mol. The highest BCUT2D eigenvalue weighted by molar-refractivity contribution is 5.84. The van der Waals surface area contributed by atoms with Gasteiger partial charge in [-0.15, -0.1) is 6.58 Å².